The van der Waals surface area contributed by atoms with E-state index in [4.69, 9.17) is 0 Å². The Kier molecular flexibility index (Phi) is 4.09. The van der Waals surface area contributed by atoms with Crippen LogP contribution in [0.2, 0.25) is 0 Å². The van der Waals surface area contributed by atoms with Crippen LogP contribution in [0.5, 0.6) is 0 Å². The minimum Gasteiger partial charge on any atom is -0.331 e. The predicted octanol–water partition coefficient (Wildman–Crippen LogP) is 2.00. The van der Waals surface area contributed by atoms with Crippen LogP contribution in [0.3, 0.4) is 0 Å². The third-order valence-corrected chi connectivity index (χ3v) is 4.28. The van der Waals surface area contributed by atoms with Crippen LogP contribution in [0.1, 0.15) is 56.5 Å². The first kappa shape index (κ1) is 14.9. The molecule has 1 atom stereocenters. The first-order valence-electron chi connectivity index (χ1n) is 8.04. The van der Waals surface area contributed by atoms with Gasteiger partial charge in [0.15, 0.2) is 0 Å². The highest BCUT2D eigenvalue weighted by Gasteiger charge is 2.32. The Balaban J connectivity index is 1.73. The summed E-state index contributed by atoms with van der Waals surface area (Å²) < 4.78 is 0. The molecule has 1 aliphatic heterocycles. The summed E-state index contributed by atoms with van der Waals surface area (Å²) in [5, 5.41) is 2.87. The maximum Gasteiger partial charge on any atom is 0.248 e. The lowest BCUT2D eigenvalue weighted by Gasteiger charge is -2.25. The minimum absolute atomic E-state index is 0.0690. The molecular formula is C16H22N4O2. The molecule has 22 heavy (non-hydrogen) atoms. The number of carbonyl (C=O) groups is 2. The highest BCUT2D eigenvalue weighted by molar-refractivity contribution is 5.96. The van der Waals surface area contributed by atoms with Crippen molar-refractivity contribution < 1.29 is 9.59 Å². The average molecular weight is 302 g/mol. The van der Waals surface area contributed by atoms with E-state index in [0.29, 0.717) is 36.9 Å². The van der Waals surface area contributed by atoms with E-state index in [1.165, 1.54) is 0 Å². The molecule has 0 aromatic carbocycles. The van der Waals surface area contributed by atoms with Gasteiger partial charge in [0.2, 0.25) is 11.8 Å². The number of likely N-dealkylation sites (tertiary alicyclic amines) is 1. The van der Waals surface area contributed by atoms with Crippen LogP contribution < -0.4 is 5.32 Å². The molecule has 2 fully saturated rings. The molecule has 0 spiro atoms. The van der Waals surface area contributed by atoms with Crippen LogP contribution >= 0.6 is 0 Å². The van der Waals surface area contributed by atoms with Crippen LogP contribution in [0.25, 0.3) is 0 Å². The molecule has 2 aliphatic rings. The second-order valence-electron chi connectivity index (χ2n) is 6.10. The number of aromatic nitrogens is 2. The largest absolute Gasteiger partial charge is 0.331 e. The molecule has 0 bridgehead atoms. The van der Waals surface area contributed by atoms with E-state index in [2.05, 4.69) is 15.3 Å². The number of hydrogen-bond donors (Lipinski definition) is 1. The zero-order chi connectivity index (χ0) is 15.7. The van der Waals surface area contributed by atoms with Crippen molar-refractivity contribution in [2.45, 2.75) is 57.9 Å². The van der Waals surface area contributed by atoms with Crippen molar-refractivity contribution in [3.63, 3.8) is 0 Å². The molecule has 3 rings (SSSR count). The van der Waals surface area contributed by atoms with E-state index in [0.717, 1.165) is 25.0 Å². The molecule has 1 N–H and O–H groups in total. The first-order chi connectivity index (χ1) is 10.6. The van der Waals surface area contributed by atoms with Gasteiger partial charge in [-0.1, -0.05) is 6.92 Å². The Morgan fingerprint density at radius 3 is 2.82 bits per heavy atom. The van der Waals surface area contributed by atoms with Gasteiger partial charge in [0.1, 0.15) is 17.7 Å². The fourth-order valence-corrected chi connectivity index (χ4v) is 3.00. The number of nitrogens with one attached hydrogen (secondary N) is 1. The lowest BCUT2D eigenvalue weighted by atomic mass is 10.2. The van der Waals surface area contributed by atoms with E-state index in [1.54, 1.807) is 4.90 Å². The van der Waals surface area contributed by atoms with Gasteiger partial charge in [0.05, 0.1) is 0 Å². The monoisotopic (exact) mass is 302 g/mol. The van der Waals surface area contributed by atoms with Crippen molar-refractivity contribution in [1.29, 1.82) is 0 Å². The zero-order valence-electron chi connectivity index (χ0n) is 13.1. The summed E-state index contributed by atoms with van der Waals surface area (Å²) in [5.41, 5.74) is 1.01. The maximum atomic E-state index is 12.5. The Labute approximate surface area is 130 Å². The maximum absolute atomic E-state index is 12.5. The van der Waals surface area contributed by atoms with Crippen LogP contribution in [-0.4, -0.2) is 39.3 Å². The molecule has 2 heterocycles. The Bertz CT molecular complexity index is 598. The quantitative estimate of drug-likeness (QED) is 0.902. The summed E-state index contributed by atoms with van der Waals surface area (Å²) in [4.78, 5) is 34.8. The third-order valence-electron chi connectivity index (χ3n) is 4.28. The third kappa shape index (κ3) is 3.10. The van der Waals surface area contributed by atoms with Gasteiger partial charge in [-0.05, 0) is 32.6 Å². The topological polar surface area (TPSA) is 75.2 Å². The van der Waals surface area contributed by atoms with E-state index in [-0.39, 0.29) is 11.8 Å². The summed E-state index contributed by atoms with van der Waals surface area (Å²) in [5.74, 6) is 1.64. The fraction of sp³-hybridized carbons (Fsp3) is 0.625. The highest BCUT2D eigenvalue weighted by atomic mass is 16.2. The van der Waals surface area contributed by atoms with Crippen LogP contribution in [-0.2, 0) is 9.59 Å². The molecular weight excluding hydrogens is 280 g/mol. The second kappa shape index (κ2) is 6.02. The standard InChI is InChI=1S/C16H22N4O2/c1-3-13(20-8-4-5-15(20)21)16(22)19-14-9-12(11-6-7-11)17-10(2)18-14/h9,11,13H,3-8H2,1-2H3,(H,17,18,19,22). The Morgan fingerprint density at radius 1 is 1.45 bits per heavy atom. The van der Waals surface area contributed by atoms with Gasteiger partial charge in [0.25, 0.3) is 0 Å². The molecule has 1 unspecified atom stereocenters. The van der Waals surface area contributed by atoms with Gasteiger partial charge in [0, 0.05) is 30.6 Å². The molecule has 1 aromatic heterocycles. The number of amides is 2. The summed E-state index contributed by atoms with van der Waals surface area (Å²) in [6.07, 6.45) is 4.30. The van der Waals surface area contributed by atoms with Crippen LogP contribution in [0.4, 0.5) is 5.82 Å². The summed E-state index contributed by atoms with van der Waals surface area (Å²) in [6, 6.07) is 1.45. The Hall–Kier alpha value is -1.98. The van der Waals surface area contributed by atoms with Crippen molar-refractivity contribution in [3.05, 3.63) is 17.6 Å². The molecule has 1 saturated heterocycles. The minimum atomic E-state index is -0.408. The Morgan fingerprint density at radius 2 is 2.23 bits per heavy atom. The first-order valence-corrected chi connectivity index (χ1v) is 8.04. The summed E-state index contributed by atoms with van der Waals surface area (Å²) >= 11 is 0. The molecule has 1 aliphatic carbocycles. The fourth-order valence-electron chi connectivity index (χ4n) is 3.00. The average Bonchev–Trinajstić information content (AvgIpc) is 3.23. The van der Waals surface area contributed by atoms with E-state index < -0.39 is 6.04 Å². The number of rotatable bonds is 5. The van der Waals surface area contributed by atoms with Gasteiger partial charge >= 0.3 is 0 Å². The molecule has 6 heteroatoms. The van der Waals surface area contributed by atoms with E-state index >= 15 is 0 Å². The van der Waals surface area contributed by atoms with Crippen molar-refractivity contribution in [3.8, 4) is 0 Å². The van der Waals surface area contributed by atoms with Gasteiger partial charge < -0.3 is 10.2 Å². The number of aryl methyl sites for hydroxylation is 1. The van der Waals surface area contributed by atoms with Gasteiger partial charge in [-0.2, -0.15) is 0 Å². The lowest BCUT2D eigenvalue weighted by molar-refractivity contribution is -0.135. The van der Waals surface area contributed by atoms with E-state index in [1.807, 2.05) is 19.9 Å². The molecule has 6 nitrogen and oxygen atoms in total. The van der Waals surface area contributed by atoms with Crippen LogP contribution in [0.15, 0.2) is 6.07 Å². The highest BCUT2D eigenvalue weighted by Crippen LogP contribution is 2.39. The summed E-state index contributed by atoms with van der Waals surface area (Å²) in [6.45, 7) is 4.43. The molecule has 2 amide bonds. The zero-order valence-corrected chi connectivity index (χ0v) is 13.1. The number of hydrogen-bond acceptors (Lipinski definition) is 4. The van der Waals surface area contributed by atoms with Crippen molar-refractivity contribution in [2.24, 2.45) is 0 Å². The van der Waals surface area contributed by atoms with Crippen LogP contribution in [0, 0.1) is 6.92 Å². The second-order valence-corrected chi connectivity index (χ2v) is 6.10. The smallest absolute Gasteiger partial charge is 0.248 e. The molecule has 0 radical (unpaired) electrons. The van der Waals surface area contributed by atoms with Gasteiger partial charge in [-0.15, -0.1) is 0 Å². The van der Waals surface area contributed by atoms with Gasteiger partial charge in [-0.25, -0.2) is 9.97 Å². The summed E-state index contributed by atoms with van der Waals surface area (Å²) in [7, 11) is 0. The van der Waals surface area contributed by atoms with E-state index in [9.17, 15) is 9.59 Å². The van der Waals surface area contributed by atoms with Crippen molar-refractivity contribution >= 4 is 17.6 Å². The molecule has 1 aromatic rings. The predicted molar refractivity (Wildman–Crippen MR) is 82.4 cm³/mol. The normalized spacial score (nSPS) is 19.4. The number of anilines is 1. The number of carbonyl (C=O) groups excluding carboxylic acids is 2. The molecule has 118 valence electrons. The van der Waals surface area contributed by atoms with Crippen molar-refractivity contribution in [1.82, 2.24) is 14.9 Å². The molecule has 1 saturated carbocycles. The number of nitrogens with zero attached hydrogens (tertiary/aromatic N) is 3. The lowest BCUT2D eigenvalue weighted by Crippen LogP contribution is -2.44. The SMILES string of the molecule is CCC(C(=O)Nc1cc(C2CC2)nc(C)n1)N1CCCC1=O. The van der Waals surface area contributed by atoms with Gasteiger partial charge in [-0.3, -0.25) is 9.59 Å². The van der Waals surface area contributed by atoms with Crippen molar-refractivity contribution in [2.75, 3.05) is 11.9 Å².